The van der Waals surface area contributed by atoms with E-state index < -0.39 is 0 Å². The zero-order valence-electron chi connectivity index (χ0n) is 13.5. The first-order chi connectivity index (χ1) is 11.2. The third-order valence-electron chi connectivity index (χ3n) is 3.50. The van der Waals surface area contributed by atoms with Crippen LogP contribution in [0.4, 0.5) is 5.82 Å². The normalized spacial score (nSPS) is 10.9. The Morgan fingerprint density at radius 1 is 1.35 bits per heavy atom. The molecule has 0 atom stereocenters. The lowest BCUT2D eigenvalue weighted by Gasteiger charge is -2.04. The molecule has 0 bridgehead atoms. The smallest absolute Gasteiger partial charge is 0.176 e. The molecule has 1 N–H and O–H groups in total. The Balaban J connectivity index is 2.50. The lowest BCUT2D eigenvalue weighted by molar-refractivity contribution is 0.280. The van der Waals surface area contributed by atoms with Crippen molar-refractivity contribution in [2.45, 2.75) is 26.8 Å². The third-order valence-corrected chi connectivity index (χ3v) is 3.50. The molecular formula is C18H21N3O2. The molecule has 1 aromatic heterocycles. The van der Waals surface area contributed by atoms with Gasteiger partial charge in [0.25, 0.3) is 0 Å². The summed E-state index contributed by atoms with van der Waals surface area (Å²) in [5.74, 6) is 0.560. The number of aliphatic imine (C=N–C) groups is 1. The van der Waals surface area contributed by atoms with Gasteiger partial charge in [-0.05, 0) is 25.8 Å². The number of aliphatic hydroxyl groups excluding tert-OH is 1. The van der Waals surface area contributed by atoms with E-state index in [2.05, 4.69) is 11.1 Å². The standard InChI is InChI=1S/C18H21N3O2/c1-3-23-13-20-18-16(11-19)17(12-21(18)9-4-10-22)15-7-5-14(2)6-8-15/h5-8,12-13,22H,3-4,9-10H2,1-2H3/b20-13+. The summed E-state index contributed by atoms with van der Waals surface area (Å²) in [5, 5.41) is 18.7. The number of ether oxygens (including phenoxy) is 1. The Kier molecular flexibility index (Phi) is 5.95. The second-order valence-corrected chi connectivity index (χ2v) is 5.18. The molecule has 5 nitrogen and oxygen atoms in total. The molecule has 0 aliphatic heterocycles. The first-order valence-electron chi connectivity index (χ1n) is 7.66. The van der Waals surface area contributed by atoms with Crippen LogP contribution in [0.2, 0.25) is 0 Å². The van der Waals surface area contributed by atoms with Gasteiger partial charge in [-0.3, -0.25) is 0 Å². The lowest BCUT2D eigenvalue weighted by atomic mass is 10.0. The monoisotopic (exact) mass is 311 g/mol. The molecule has 0 saturated heterocycles. The molecule has 0 aliphatic rings. The first-order valence-corrected chi connectivity index (χ1v) is 7.66. The van der Waals surface area contributed by atoms with E-state index in [1.165, 1.54) is 12.0 Å². The van der Waals surface area contributed by atoms with Crippen LogP contribution in [0.5, 0.6) is 0 Å². The summed E-state index contributed by atoms with van der Waals surface area (Å²) >= 11 is 0. The first kappa shape index (κ1) is 16.8. The Bertz CT molecular complexity index is 709. The lowest BCUT2D eigenvalue weighted by Crippen LogP contribution is -1.98. The zero-order valence-corrected chi connectivity index (χ0v) is 13.5. The largest absolute Gasteiger partial charge is 0.483 e. The Morgan fingerprint density at radius 2 is 2.09 bits per heavy atom. The van der Waals surface area contributed by atoms with Crippen LogP contribution in [0.15, 0.2) is 35.5 Å². The average Bonchev–Trinajstić information content (AvgIpc) is 2.91. The maximum absolute atomic E-state index is 9.58. The van der Waals surface area contributed by atoms with E-state index in [9.17, 15) is 5.26 Å². The second-order valence-electron chi connectivity index (χ2n) is 5.18. The van der Waals surface area contributed by atoms with Crippen LogP contribution in [0.1, 0.15) is 24.5 Å². The molecule has 0 amide bonds. The predicted octanol–water partition coefficient (Wildman–Crippen LogP) is 3.41. The Labute approximate surface area is 136 Å². The maximum Gasteiger partial charge on any atom is 0.176 e. The van der Waals surface area contributed by atoms with Gasteiger partial charge in [-0.1, -0.05) is 29.8 Å². The molecule has 120 valence electrons. The van der Waals surface area contributed by atoms with E-state index in [-0.39, 0.29) is 6.61 Å². The highest BCUT2D eigenvalue weighted by atomic mass is 16.5. The van der Waals surface area contributed by atoms with Crippen LogP contribution in [0.3, 0.4) is 0 Å². The molecule has 0 saturated carbocycles. The van der Waals surface area contributed by atoms with E-state index in [4.69, 9.17) is 9.84 Å². The van der Waals surface area contributed by atoms with Crippen molar-refractivity contribution in [3.63, 3.8) is 0 Å². The van der Waals surface area contributed by atoms with Crippen LogP contribution in [-0.2, 0) is 11.3 Å². The summed E-state index contributed by atoms with van der Waals surface area (Å²) in [4.78, 5) is 4.29. The van der Waals surface area contributed by atoms with E-state index in [0.29, 0.717) is 31.0 Å². The van der Waals surface area contributed by atoms with Crippen molar-refractivity contribution >= 4 is 12.2 Å². The van der Waals surface area contributed by atoms with Gasteiger partial charge in [0.15, 0.2) is 12.2 Å². The molecule has 0 radical (unpaired) electrons. The number of rotatable bonds is 7. The van der Waals surface area contributed by atoms with Crippen LogP contribution in [0.25, 0.3) is 11.1 Å². The quantitative estimate of drug-likeness (QED) is 0.629. The van der Waals surface area contributed by atoms with E-state index in [1.807, 2.05) is 48.9 Å². The van der Waals surface area contributed by atoms with E-state index >= 15 is 0 Å². The van der Waals surface area contributed by atoms with Gasteiger partial charge in [0.05, 0.1) is 6.61 Å². The Hall–Kier alpha value is -2.58. The number of nitrogens with zero attached hydrogens (tertiary/aromatic N) is 3. The summed E-state index contributed by atoms with van der Waals surface area (Å²) in [6.07, 6.45) is 3.88. The minimum atomic E-state index is 0.0918. The number of hydrogen-bond acceptors (Lipinski definition) is 4. The van der Waals surface area contributed by atoms with Gasteiger partial charge in [-0.2, -0.15) is 5.26 Å². The number of hydrogen-bond donors (Lipinski definition) is 1. The SMILES string of the molecule is CCO/C=N/c1c(C#N)c(-c2ccc(C)cc2)cn1CCCO. The fourth-order valence-electron chi connectivity index (χ4n) is 2.32. The highest BCUT2D eigenvalue weighted by molar-refractivity contribution is 5.77. The van der Waals surface area contributed by atoms with Gasteiger partial charge in [0.1, 0.15) is 11.6 Å². The van der Waals surface area contributed by atoms with Crippen LogP contribution >= 0.6 is 0 Å². The molecule has 0 fully saturated rings. The van der Waals surface area contributed by atoms with Crippen molar-refractivity contribution in [3.8, 4) is 17.2 Å². The summed E-state index contributed by atoms with van der Waals surface area (Å²) in [6, 6.07) is 10.3. The van der Waals surface area contributed by atoms with Crippen LogP contribution in [-0.4, -0.2) is 29.3 Å². The molecule has 5 heteroatoms. The second kappa shape index (κ2) is 8.16. The van der Waals surface area contributed by atoms with Crippen molar-refractivity contribution in [1.82, 2.24) is 4.57 Å². The predicted molar refractivity (Wildman–Crippen MR) is 90.8 cm³/mol. The molecular weight excluding hydrogens is 290 g/mol. The minimum absolute atomic E-state index is 0.0918. The highest BCUT2D eigenvalue weighted by Gasteiger charge is 2.16. The van der Waals surface area contributed by atoms with E-state index in [1.54, 1.807) is 0 Å². The van der Waals surface area contributed by atoms with Crippen molar-refractivity contribution in [1.29, 1.82) is 5.26 Å². The fraction of sp³-hybridized carbons (Fsp3) is 0.333. The van der Waals surface area contributed by atoms with Gasteiger partial charge in [0, 0.05) is 24.9 Å². The topological polar surface area (TPSA) is 70.5 Å². The zero-order chi connectivity index (χ0) is 16.7. The van der Waals surface area contributed by atoms with Gasteiger partial charge in [-0.15, -0.1) is 0 Å². The fourth-order valence-corrected chi connectivity index (χ4v) is 2.32. The number of benzene rings is 1. The molecule has 1 heterocycles. The third kappa shape index (κ3) is 3.99. The van der Waals surface area contributed by atoms with Crippen molar-refractivity contribution in [3.05, 3.63) is 41.6 Å². The summed E-state index contributed by atoms with van der Waals surface area (Å²) < 4.78 is 7.05. The number of aryl methyl sites for hydroxylation is 2. The van der Waals surface area contributed by atoms with Crippen LogP contribution < -0.4 is 0 Å². The molecule has 1 aromatic carbocycles. The van der Waals surface area contributed by atoms with Gasteiger partial charge < -0.3 is 14.4 Å². The van der Waals surface area contributed by atoms with Crippen molar-refractivity contribution in [2.24, 2.45) is 4.99 Å². The summed E-state index contributed by atoms with van der Waals surface area (Å²) in [6.45, 7) is 5.11. The molecule has 2 rings (SSSR count). The number of nitriles is 1. The summed E-state index contributed by atoms with van der Waals surface area (Å²) in [7, 11) is 0. The highest BCUT2D eigenvalue weighted by Crippen LogP contribution is 2.33. The number of aromatic nitrogens is 1. The van der Waals surface area contributed by atoms with Crippen molar-refractivity contribution < 1.29 is 9.84 Å². The number of aliphatic hydroxyl groups is 1. The van der Waals surface area contributed by atoms with Gasteiger partial charge in [-0.25, -0.2) is 4.99 Å². The maximum atomic E-state index is 9.58. The molecule has 0 aliphatic carbocycles. The molecule has 23 heavy (non-hydrogen) atoms. The Morgan fingerprint density at radius 3 is 2.70 bits per heavy atom. The minimum Gasteiger partial charge on any atom is -0.483 e. The van der Waals surface area contributed by atoms with Crippen molar-refractivity contribution in [2.75, 3.05) is 13.2 Å². The molecule has 0 spiro atoms. The van der Waals surface area contributed by atoms with Gasteiger partial charge >= 0.3 is 0 Å². The summed E-state index contributed by atoms with van der Waals surface area (Å²) in [5.41, 5.74) is 3.50. The molecule has 2 aromatic rings. The molecule has 0 unspecified atom stereocenters. The van der Waals surface area contributed by atoms with Crippen LogP contribution in [0, 0.1) is 18.3 Å². The van der Waals surface area contributed by atoms with E-state index in [0.717, 1.165) is 11.1 Å². The van der Waals surface area contributed by atoms with Gasteiger partial charge in [0.2, 0.25) is 0 Å². The average molecular weight is 311 g/mol.